The summed E-state index contributed by atoms with van der Waals surface area (Å²) in [5.41, 5.74) is 1.75. The van der Waals surface area contributed by atoms with Gasteiger partial charge in [0, 0.05) is 13.0 Å². The maximum Gasteiger partial charge on any atom is 0.188 e. The predicted octanol–water partition coefficient (Wildman–Crippen LogP) is -2.36. The SMILES string of the molecule is Cc1c(C=O)ccc[n+]1C.[Br-]. The fourth-order valence-electron chi connectivity index (χ4n) is 0.836. The molecule has 0 fully saturated rings. The topological polar surface area (TPSA) is 20.9 Å². The Kier molecular flexibility index (Phi) is 3.97. The van der Waals surface area contributed by atoms with Crippen LogP contribution < -0.4 is 21.5 Å². The summed E-state index contributed by atoms with van der Waals surface area (Å²) >= 11 is 0. The molecule has 0 atom stereocenters. The molecular weight excluding hydrogens is 206 g/mol. The Morgan fingerprint density at radius 1 is 1.55 bits per heavy atom. The van der Waals surface area contributed by atoms with Gasteiger partial charge in [0.2, 0.25) is 0 Å². The minimum absolute atomic E-state index is 0. The Bertz CT molecular complexity index is 260. The summed E-state index contributed by atoms with van der Waals surface area (Å²) in [5.74, 6) is 0. The molecule has 0 saturated carbocycles. The van der Waals surface area contributed by atoms with Gasteiger partial charge in [-0.15, -0.1) is 0 Å². The maximum absolute atomic E-state index is 10.4. The highest BCUT2D eigenvalue weighted by Gasteiger charge is 2.03. The first kappa shape index (κ1) is 10.3. The van der Waals surface area contributed by atoms with Gasteiger partial charge in [-0.3, -0.25) is 4.79 Å². The van der Waals surface area contributed by atoms with Gasteiger partial charge in [0.1, 0.15) is 7.05 Å². The van der Waals surface area contributed by atoms with Crippen molar-refractivity contribution >= 4 is 6.29 Å². The number of pyridine rings is 1. The first-order valence-corrected chi connectivity index (χ1v) is 3.16. The summed E-state index contributed by atoms with van der Waals surface area (Å²) in [7, 11) is 1.92. The highest BCUT2D eigenvalue weighted by molar-refractivity contribution is 5.75. The van der Waals surface area contributed by atoms with E-state index < -0.39 is 0 Å². The highest BCUT2D eigenvalue weighted by atomic mass is 79.9. The molecule has 0 bridgehead atoms. The standard InChI is InChI=1S/C8H10NO.BrH/c1-7-8(6-10)4-3-5-9(7)2;/h3-6H,1-2H3;1H/q+1;/p-1. The van der Waals surface area contributed by atoms with Gasteiger partial charge in [0.25, 0.3) is 0 Å². The molecule has 0 amide bonds. The molecule has 1 heterocycles. The Morgan fingerprint density at radius 3 is 2.64 bits per heavy atom. The van der Waals surface area contributed by atoms with Crippen molar-refractivity contribution in [1.82, 2.24) is 0 Å². The van der Waals surface area contributed by atoms with Gasteiger partial charge in [-0.05, 0) is 6.07 Å². The van der Waals surface area contributed by atoms with Crippen LogP contribution in [-0.4, -0.2) is 6.29 Å². The van der Waals surface area contributed by atoms with Crippen LogP contribution in [0, 0.1) is 6.92 Å². The largest absolute Gasteiger partial charge is 1.00 e. The smallest absolute Gasteiger partial charge is 0.188 e. The number of carbonyl (C=O) groups is 1. The number of carbonyl (C=O) groups excluding carboxylic acids is 1. The van der Waals surface area contributed by atoms with E-state index in [1.165, 1.54) is 0 Å². The lowest BCUT2D eigenvalue weighted by molar-refractivity contribution is -0.677. The molecule has 3 heteroatoms. The molecular formula is C8H10BrNO. The quantitative estimate of drug-likeness (QED) is 0.380. The molecule has 0 spiro atoms. The van der Waals surface area contributed by atoms with Crippen molar-refractivity contribution in [3.63, 3.8) is 0 Å². The Hall–Kier alpha value is -0.700. The lowest BCUT2D eigenvalue weighted by Gasteiger charge is -1.93. The molecule has 0 aliphatic rings. The molecule has 11 heavy (non-hydrogen) atoms. The lowest BCUT2D eigenvalue weighted by Crippen LogP contribution is -3.00. The second-order valence-corrected chi connectivity index (χ2v) is 2.28. The molecule has 0 aliphatic carbocycles. The van der Waals surface area contributed by atoms with Crippen molar-refractivity contribution in [2.24, 2.45) is 7.05 Å². The zero-order chi connectivity index (χ0) is 7.56. The third-order valence-corrected chi connectivity index (χ3v) is 1.66. The van der Waals surface area contributed by atoms with Crippen LogP contribution in [0.25, 0.3) is 0 Å². The fourth-order valence-corrected chi connectivity index (χ4v) is 0.836. The van der Waals surface area contributed by atoms with Crippen molar-refractivity contribution in [1.29, 1.82) is 0 Å². The van der Waals surface area contributed by atoms with E-state index in [0.717, 1.165) is 17.5 Å². The van der Waals surface area contributed by atoms with Gasteiger partial charge < -0.3 is 17.0 Å². The summed E-state index contributed by atoms with van der Waals surface area (Å²) in [6, 6.07) is 3.67. The highest BCUT2D eigenvalue weighted by Crippen LogP contribution is 1.95. The van der Waals surface area contributed by atoms with Crippen molar-refractivity contribution in [3.05, 3.63) is 29.6 Å². The summed E-state index contributed by atoms with van der Waals surface area (Å²) in [4.78, 5) is 10.4. The van der Waals surface area contributed by atoms with Gasteiger partial charge in [0.05, 0.1) is 5.56 Å². The number of aryl methyl sites for hydroxylation is 1. The minimum Gasteiger partial charge on any atom is -1.00 e. The van der Waals surface area contributed by atoms with E-state index in [9.17, 15) is 4.79 Å². The molecule has 0 saturated heterocycles. The van der Waals surface area contributed by atoms with Gasteiger partial charge in [-0.25, -0.2) is 4.57 Å². The number of hydrogen-bond acceptors (Lipinski definition) is 1. The van der Waals surface area contributed by atoms with Gasteiger partial charge in [0.15, 0.2) is 18.2 Å². The second-order valence-electron chi connectivity index (χ2n) is 2.28. The number of aldehydes is 1. The van der Waals surface area contributed by atoms with Crippen molar-refractivity contribution < 1.29 is 26.3 Å². The van der Waals surface area contributed by atoms with Gasteiger partial charge >= 0.3 is 0 Å². The lowest BCUT2D eigenvalue weighted by atomic mass is 10.2. The molecule has 60 valence electrons. The zero-order valence-corrected chi connectivity index (χ0v) is 8.13. The number of halogens is 1. The first-order chi connectivity index (χ1) is 4.75. The number of rotatable bonds is 1. The zero-order valence-electron chi connectivity index (χ0n) is 6.54. The van der Waals surface area contributed by atoms with E-state index in [4.69, 9.17) is 0 Å². The third-order valence-electron chi connectivity index (χ3n) is 1.66. The van der Waals surface area contributed by atoms with E-state index in [0.29, 0.717) is 0 Å². The van der Waals surface area contributed by atoms with Crippen molar-refractivity contribution in [2.75, 3.05) is 0 Å². The Labute approximate surface area is 76.6 Å². The summed E-state index contributed by atoms with van der Waals surface area (Å²) in [6.45, 7) is 1.92. The number of hydrogen-bond donors (Lipinski definition) is 0. The van der Waals surface area contributed by atoms with Crippen LogP contribution in [-0.2, 0) is 7.05 Å². The van der Waals surface area contributed by atoms with E-state index >= 15 is 0 Å². The molecule has 0 aliphatic heterocycles. The number of nitrogens with zero attached hydrogens (tertiary/aromatic N) is 1. The molecule has 1 aromatic rings. The van der Waals surface area contributed by atoms with Crippen LogP contribution >= 0.6 is 0 Å². The Balaban J connectivity index is 0.000001000. The van der Waals surface area contributed by atoms with Gasteiger partial charge in [-0.2, -0.15) is 0 Å². The third kappa shape index (κ3) is 2.12. The molecule has 0 N–H and O–H groups in total. The summed E-state index contributed by atoms with van der Waals surface area (Å²) in [6.07, 6.45) is 2.79. The first-order valence-electron chi connectivity index (χ1n) is 3.16. The van der Waals surface area contributed by atoms with Crippen LogP contribution in [0.4, 0.5) is 0 Å². The van der Waals surface area contributed by atoms with E-state index in [1.54, 1.807) is 0 Å². The molecule has 1 rings (SSSR count). The minimum atomic E-state index is 0. The average molecular weight is 216 g/mol. The second kappa shape index (κ2) is 4.23. The average Bonchev–Trinajstić information content (AvgIpc) is 1.95. The molecule has 0 aromatic carbocycles. The molecule has 1 aromatic heterocycles. The molecule has 0 radical (unpaired) electrons. The molecule has 0 unspecified atom stereocenters. The maximum atomic E-state index is 10.4. The normalized spacial score (nSPS) is 8.55. The van der Waals surface area contributed by atoms with Crippen molar-refractivity contribution in [2.45, 2.75) is 6.92 Å². The van der Waals surface area contributed by atoms with Crippen LogP contribution in [0.2, 0.25) is 0 Å². The Morgan fingerprint density at radius 2 is 2.18 bits per heavy atom. The predicted molar refractivity (Wildman–Crippen MR) is 37.7 cm³/mol. The monoisotopic (exact) mass is 215 g/mol. The number of aromatic nitrogens is 1. The molecule has 2 nitrogen and oxygen atoms in total. The van der Waals surface area contributed by atoms with Crippen LogP contribution in [0.3, 0.4) is 0 Å². The summed E-state index contributed by atoms with van der Waals surface area (Å²) in [5, 5.41) is 0. The fraction of sp³-hybridized carbons (Fsp3) is 0.250. The van der Waals surface area contributed by atoms with Crippen molar-refractivity contribution in [3.8, 4) is 0 Å². The van der Waals surface area contributed by atoms with Crippen LogP contribution in [0.5, 0.6) is 0 Å². The van der Waals surface area contributed by atoms with E-state index in [1.807, 2.05) is 36.9 Å². The van der Waals surface area contributed by atoms with E-state index in [-0.39, 0.29) is 17.0 Å². The van der Waals surface area contributed by atoms with Gasteiger partial charge in [-0.1, -0.05) is 0 Å². The van der Waals surface area contributed by atoms with E-state index in [2.05, 4.69) is 0 Å². The summed E-state index contributed by atoms with van der Waals surface area (Å²) < 4.78 is 1.92. The van der Waals surface area contributed by atoms with Crippen LogP contribution in [0.1, 0.15) is 16.1 Å². The van der Waals surface area contributed by atoms with Crippen LogP contribution in [0.15, 0.2) is 18.3 Å².